The van der Waals surface area contributed by atoms with E-state index in [2.05, 4.69) is 56.1 Å². The van der Waals surface area contributed by atoms with E-state index in [1.807, 2.05) is 30.3 Å². The minimum atomic E-state index is -0.239. The lowest BCUT2D eigenvalue weighted by Crippen LogP contribution is -2.42. The average molecular weight is 547 g/mol. The third-order valence-electron chi connectivity index (χ3n) is 6.85. The second kappa shape index (κ2) is 13.6. The van der Waals surface area contributed by atoms with Crippen molar-refractivity contribution in [2.45, 2.75) is 57.0 Å². The number of anilines is 1. The number of esters is 1. The molecule has 0 spiro atoms. The Balaban J connectivity index is 1.39. The predicted octanol–water partition coefficient (Wildman–Crippen LogP) is 5.94. The highest BCUT2D eigenvalue weighted by Gasteiger charge is 2.29. The molecule has 1 aliphatic heterocycles. The van der Waals surface area contributed by atoms with Crippen molar-refractivity contribution >= 4 is 29.5 Å². The Morgan fingerprint density at radius 2 is 1.82 bits per heavy atom. The van der Waals surface area contributed by atoms with Gasteiger partial charge in [-0.3, -0.25) is 9.59 Å². The van der Waals surface area contributed by atoms with Gasteiger partial charge in [-0.25, -0.2) is 9.97 Å². The number of aromatic nitrogens is 2. The van der Waals surface area contributed by atoms with E-state index < -0.39 is 0 Å². The summed E-state index contributed by atoms with van der Waals surface area (Å²) in [6.45, 7) is 8.31. The quantitative estimate of drug-likeness (QED) is 0.177. The molecule has 1 saturated heterocycles. The highest BCUT2D eigenvalue weighted by molar-refractivity contribution is 7.98. The van der Waals surface area contributed by atoms with Gasteiger partial charge < -0.3 is 14.5 Å². The zero-order valence-electron chi connectivity index (χ0n) is 23.3. The van der Waals surface area contributed by atoms with Crippen LogP contribution in [0.15, 0.2) is 65.8 Å². The molecule has 0 N–H and O–H groups in total. The van der Waals surface area contributed by atoms with Crippen LogP contribution in [0.1, 0.15) is 66.7 Å². The Labute approximate surface area is 236 Å². The van der Waals surface area contributed by atoms with Crippen LogP contribution in [0.2, 0.25) is 0 Å². The van der Waals surface area contributed by atoms with Gasteiger partial charge in [0.1, 0.15) is 5.82 Å². The van der Waals surface area contributed by atoms with Crippen molar-refractivity contribution in [1.82, 2.24) is 14.9 Å². The first-order valence-electron chi connectivity index (χ1n) is 13.7. The van der Waals surface area contributed by atoms with Gasteiger partial charge in [0.05, 0.1) is 12.5 Å². The van der Waals surface area contributed by atoms with E-state index in [0.717, 1.165) is 41.6 Å². The fourth-order valence-corrected chi connectivity index (χ4v) is 5.43. The highest BCUT2D eigenvalue weighted by atomic mass is 32.2. The van der Waals surface area contributed by atoms with Crippen LogP contribution in [0, 0.1) is 5.92 Å². The monoisotopic (exact) mass is 546 g/mol. The Hall–Kier alpha value is -3.39. The van der Waals surface area contributed by atoms with Gasteiger partial charge in [-0.15, -0.1) is 0 Å². The van der Waals surface area contributed by atoms with Gasteiger partial charge >= 0.3 is 5.97 Å². The molecule has 1 aromatic heterocycles. The van der Waals surface area contributed by atoms with Crippen molar-refractivity contribution in [2.24, 2.45) is 5.92 Å². The van der Waals surface area contributed by atoms with E-state index in [1.54, 1.807) is 23.6 Å². The topological polar surface area (TPSA) is 75.6 Å². The van der Waals surface area contributed by atoms with Gasteiger partial charge in [0.15, 0.2) is 5.16 Å². The van der Waals surface area contributed by atoms with Gasteiger partial charge in [0, 0.05) is 49.8 Å². The number of piperidine rings is 1. The number of rotatable bonds is 10. The third-order valence-corrected chi connectivity index (χ3v) is 7.77. The largest absolute Gasteiger partial charge is 0.466 e. The molecule has 7 nitrogen and oxygen atoms in total. The van der Waals surface area contributed by atoms with Crippen LogP contribution in [-0.4, -0.2) is 53.5 Å². The fourth-order valence-electron chi connectivity index (χ4n) is 4.61. The molecule has 1 aliphatic rings. The minimum absolute atomic E-state index is 0.0396. The molecule has 0 unspecified atom stereocenters. The van der Waals surface area contributed by atoms with Crippen LogP contribution >= 0.6 is 11.8 Å². The molecule has 3 aromatic rings. The number of benzene rings is 2. The summed E-state index contributed by atoms with van der Waals surface area (Å²) < 4.78 is 5.17. The summed E-state index contributed by atoms with van der Waals surface area (Å²) in [6.07, 6.45) is 1.57. The van der Waals surface area contributed by atoms with E-state index in [4.69, 9.17) is 14.7 Å². The van der Waals surface area contributed by atoms with E-state index in [9.17, 15) is 9.59 Å². The molecule has 2 aromatic carbocycles. The van der Waals surface area contributed by atoms with E-state index >= 15 is 0 Å². The van der Waals surface area contributed by atoms with Gasteiger partial charge in [0.2, 0.25) is 0 Å². The lowest BCUT2D eigenvalue weighted by molar-refractivity contribution is -0.149. The summed E-state index contributed by atoms with van der Waals surface area (Å²) in [5.74, 6) is 1.41. The van der Waals surface area contributed by atoms with Crippen molar-refractivity contribution in [3.05, 3.63) is 83.0 Å². The van der Waals surface area contributed by atoms with E-state index in [-0.39, 0.29) is 17.8 Å². The molecule has 4 rings (SSSR count). The maximum absolute atomic E-state index is 13.1. The normalized spacial score (nSPS) is 15.3. The molecule has 1 amide bonds. The first kappa shape index (κ1) is 28.6. The van der Waals surface area contributed by atoms with Crippen LogP contribution < -0.4 is 4.90 Å². The number of amides is 1. The summed E-state index contributed by atoms with van der Waals surface area (Å²) in [6, 6.07) is 20.2. The lowest BCUT2D eigenvalue weighted by Gasteiger charge is -2.31. The summed E-state index contributed by atoms with van der Waals surface area (Å²) in [5, 5.41) is 0.745. The standard InChI is InChI=1S/C31H38N4O3S/c1-5-38-30(37)26-12-9-17-35(20-26)29(36)25-15-13-24(14-16-25)21-39-31-32-27(22(2)3)18-28(33-31)34(4)19-23-10-7-6-8-11-23/h6-8,10-11,13-16,18,22,26H,5,9,12,17,19-21H2,1-4H3/t26-/m0/s1. The maximum Gasteiger partial charge on any atom is 0.310 e. The minimum Gasteiger partial charge on any atom is -0.466 e. The third kappa shape index (κ3) is 7.82. The number of thioether (sulfide) groups is 1. The Bertz CT molecular complexity index is 1250. The van der Waals surface area contributed by atoms with Crippen LogP contribution in [0.3, 0.4) is 0 Å². The van der Waals surface area contributed by atoms with Crippen molar-refractivity contribution in [3.8, 4) is 0 Å². The molecule has 0 aliphatic carbocycles. The number of hydrogen-bond acceptors (Lipinski definition) is 7. The molecule has 206 valence electrons. The second-order valence-corrected chi connectivity index (χ2v) is 11.2. The molecule has 8 heteroatoms. The highest BCUT2D eigenvalue weighted by Crippen LogP contribution is 2.27. The molecule has 0 radical (unpaired) electrons. The lowest BCUT2D eigenvalue weighted by atomic mass is 9.97. The number of nitrogens with zero attached hydrogens (tertiary/aromatic N) is 4. The summed E-state index contributed by atoms with van der Waals surface area (Å²) in [4.78, 5) is 38.8. The smallest absolute Gasteiger partial charge is 0.310 e. The number of hydrogen-bond donors (Lipinski definition) is 0. The zero-order valence-corrected chi connectivity index (χ0v) is 24.1. The van der Waals surface area contributed by atoms with Crippen molar-refractivity contribution in [2.75, 3.05) is 31.6 Å². The number of carbonyl (C=O) groups is 2. The van der Waals surface area contributed by atoms with Crippen LogP contribution in [0.4, 0.5) is 5.82 Å². The Morgan fingerprint density at radius 3 is 2.51 bits per heavy atom. The molecule has 1 atom stereocenters. The SMILES string of the molecule is CCOC(=O)[C@H]1CCCN(C(=O)c2ccc(CSc3nc(C(C)C)cc(N(C)Cc4ccccc4)n3)cc2)C1. The first-order valence-corrected chi connectivity index (χ1v) is 14.6. The van der Waals surface area contributed by atoms with Crippen molar-refractivity contribution in [1.29, 1.82) is 0 Å². The molecular formula is C31H38N4O3S. The van der Waals surface area contributed by atoms with Crippen LogP contribution in [0.25, 0.3) is 0 Å². The van der Waals surface area contributed by atoms with E-state index in [1.165, 1.54) is 5.56 Å². The van der Waals surface area contributed by atoms with Gasteiger partial charge in [0.25, 0.3) is 5.91 Å². The molecule has 0 bridgehead atoms. The fraction of sp³-hybridized carbons (Fsp3) is 0.419. The van der Waals surface area contributed by atoms with E-state index in [0.29, 0.717) is 36.9 Å². The number of carbonyl (C=O) groups excluding carboxylic acids is 2. The van der Waals surface area contributed by atoms with Crippen LogP contribution in [0.5, 0.6) is 0 Å². The zero-order chi connectivity index (χ0) is 27.8. The first-order chi connectivity index (χ1) is 18.8. The van der Waals surface area contributed by atoms with Crippen molar-refractivity contribution in [3.63, 3.8) is 0 Å². The molecule has 2 heterocycles. The molecule has 39 heavy (non-hydrogen) atoms. The summed E-state index contributed by atoms with van der Waals surface area (Å²) in [5.41, 5.74) is 3.98. The van der Waals surface area contributed by atoms with Crippen LogP contribution in [-0.2, 0) is 21.8 Å². The molecular weight excluding hydrogens is 508 g/mol. The second-order valence-electron chi connectivity index (χ2n) is 10.3. The Kier molecular flexibility index (Phi) is 9.98. The maximum atomic E-state index is 13.1. The predicted molar refractivity (Wildman–Crippen MR) is 156 cm³/mol. The van der Waals surface area contributed by atoms with Gasteiger partial charge in [-0.2, -0.15) is 0 Å². The molecule has 1 fully saturated rings. The van der Waals surface area contributed by atoms with Gasteiger partial charge in [-0.1, -0.05) is 68.1 Å². The summed E-state index contributed by atoms with van der Waals surface area (Å²) >= 11 is 1.60. The summed E-state index contributed by atoms with van der Waals surface area (Å²) in [7, 11) is 2.06. The van der Waals surface area contributed by atoms with Crippen molar-refractivity contribution < 1.29 is 14.3 Å². The Morgan fingerprint density at radius 1 is 1.08 bits per heavy atom. The van der Waals surface area contributed by atoms with Gasteiger partial charge in [-0.05, 0) is 48.9 Å². The molecule has 0 saturated carbocycles. The average Bonchev–Trinajstić information content (AvgIpc) is 2.96. The number of likely N-dealkylation sites (tertiary alicyclic amines) is 1. The number of ether oxygens (including phenoxy) is 1.